The van der Waals surface area contributed by atoms with Gasteiger partial charge in [0.1, 0.15) is 17.5 Å². The van der Waals surface area contributed by atoms with Crippen LogP contribution < -0.4 is 5.32 Å². The molecule has 0 radical (unpaired) electrons. The van der Waals surface area contributed by atoms with E-state index in [4.69, 9.17) is 34.9 Å². The third-order valence-corrected chi connectivity index (χ3v) is 13.9. The fourth-order valence-electron chi connectivity index (χ4n) is 9.17. The first-order valence-corrected chi connectivity index (χ1v) is 23.9. The van der Waals surface area contributed by atoms with Gasteiger partial charge < -0.3 is 20.0 Å². The van der Waals surface area contributed by atoms with Crippen molar-refractivity contribution >= 4 is 72.0 Å². The summed E-state index contributed by atoms with van der Waals surface area (Å²) in [6.45, 7) is 6.49. The van der Waals surface area contributed by atoms with Crippen LogP contribution in [0.2, 0.25) is 0 Å². The van der Waals surface area contributed by atoms with Crippen LogP contribution in [0.4, 0.5) is 5.69 Å². The number of aromatic nitrogens is 12. The number of aromatic amines is 4. The smallest absolute Gasteiger partial charge is 0.154 e. The fraction of sp³-hybridized carbons (Fsp3) is 0.137. The maximum atomic E-state index is 5.98. The first kappa shape index (κ1) is 39.4. The second-order valence-electron chi connectivity index (χ2n) is 17.4. The zero-order chi connectivity index (χ0) is 44.8. The number of nitrogens with one attached hydrogen (secondary N) is 5. The number of nitrogens with zero attached hydrogens (tertiary/aromatic N) is 8. The van der Waals surface area contributed by atoms with Crippen molar-refractivity contribution in [2.45, 2.75) is 39.5 Å². The quantitative estimate of drug-likeness (QED) is 0.0780. The molecule has 1 saturated heterocycles. The van der Waals surface area contributed by atoms with Gasteiger partial charge in [-0.3, -0.25) is 35.1 Å². The van der Waals surface area contributed by atoms with Crippen molar-refractivity contribution in [1.29, 1.82) is 0 Å². The van der Waals surface area contributed by atoms with Gasteiger partial charge in [-0.05, 0) is 84.8 Å². The molecule has 12 aromatic heterocycles. The molecule has 2 atom stereocenters. The largest absolute Gasteiger partial charge is 0.357 e. The summed E-state index contributed by atoms with van der Waals surface area (Å²) in [6, 6.07) is 18.6. The van der Waals surface area contributed by atoms with Gasteiger partial charge in [0.25, 0.3) is 0 Å². The van der Waals surface area contributed by atoms with E-state index in [9.17, 15) is 0 Å². The van der Waals surface area contributed by atoms with E-state index < -0.39 is 0 Å². The molecule has 1 fully saturated rings. The molecule has 0 aliphatic carbocycles. The molecule has 1 aliphatic rings. The van der Waals surface area contributed by atoms with E-state index in [0.717, 1.165) is 140 Å². The van der Waals surface area contributed by atoms with Crippen molar-refractivity contribution in [2.75, 3.05) is 5.32 Å². The van der Waals surface area contributed by atoms with Crippen molar-refractivity contribution in [3.05, 3.63) is 125 Å². The number of rotatable bonds is 11. The van der Waals surface area contributed by atoms with Gasteiger partial charge in [-0.1, -0.05) is 13.8 Å². The van der Waals surface area contributed by atoms with Crippen molar-refractivity contribution in [3.8, 4) is 79.1 Å². The van der Waals surface area contributed by atoms with Gasteiger partial charge in [-0.15, -0.1) is 0 Å². The number of ether oxygens (including phenoxy) is 1. The van der Waals surface area contributed by atoms with Crippen molar-refractivity contribution < 1.29 is 4.74 Å². The second-order valence-corrected chi connectivity index (χ2v) is 18.9. The summed E-state index contributed by atoms with van der Waals surface area (Å²) >= 11 is 3.26. The van der Waals surface area contributed by atoms with Crippen LogP contribution in [0.15, 0.2) is 119 Å². The van der Waals surface area contributed by atoms with E-state index in [1.165, 1.54) is 0 Å². The summed E-state index contributed by atoms with van der Waals surface area (Å²) in [5.41, 5.74) is 17.7. The van der Waals surface area contributed by atoms with Crippen LogP contribution in [0, 0.1) is 12.8 Å². The zero-order valence-electron chi connectivity index (χ0n) is 36.3. The number of epoxide rings is 1. The van der Waals surface area contributed by atoms with Crippen molar-refractivity contribution in [3.63, 3.8) is 0 Å². The lowest BCUT2D eigenvalue weighted by atomic mass is 10.0. The topological polar surface area (TPSA) is 191 Å². The standard InChI is InChI=1S/C51H39N13OS2/c1-25(2)12-44-51(65-44)57-29-13-28(18-53-19-29)39-17-33-48(42-15-30-37(58-42)5-9-54-45(30)27-7-11-66-22-27)63-64-50(33)49(60-39)36-24-67-23-35(36)46-31-16-41(59-38(31)6-10-55-46)47-32-14-40(56-21-43(32)61-62-47)34-20-52-8-4-26(34)3/h4-11,13-25,44,51,57-59H,12H2,1-3H3,(H,61,62)(H,63,64). The van der Waals surface area contributed by atoms with Gasteiger partial charge in [0.15, 0.2) is 6.23 Å². The molecule has 0 spiro atoms. The maximum absolute atomic E-state index is 5.98. The number of hydrogen-bond acceptors (Lipinski definition) is 12. The highest BCUT2D eigenvalue weighted by Crippen LogP contribution is 2.44. The van der Waals surface area contributed by atoms with E-state index in [0.29, 0.717) is 5.92 Å². The van der Waals surface area contributed by atoms with E-state index in [-0.39, 0.29) is 12.3 Å². The minimum absolute atomic E-state index is 0.0451. The zero-order valence-corrected chi connectivity index (χ0v) is 37.9. The van der Waals surface area contributed by atoms with Crippen LogP contribution in [0.5, 0.6) is 0 Å². The maximum Gasteiger partial charge on any atom is 0.154 e. The summed E-state index contributed by atoms with van der Waals surface area (Å²) in [5.74, 6) is 0.546. The average molecular weight is 914 g/mol. The van der Waals surface area contributed by atoms with Crippen molar-refractivity contribution in [1.82, 2.24) is 60.3 Å². The second kappa shape index (κ2) is 15.6. The lowest BCUT2D eigenvalue weighted by Crippen LogP contribution is -2.09. The lowest BCUT2D eigenvalue weighted by molar-refractivity contribution is 0.354. The minimum atomic E-state index is -0.0451. The monoisotopic (exact) mass is 913 g/mol. The average Bonchev–Trinajstić information content (AvgIpc) is 4.12. The van der Waals surface area contributed by atoms with E-state index in [1.54, 1.807) is 28.9 Å². The van der Waals surface area contributed by atoms with Gasteiger partial charge in [0.05, 0.1) is 69.0 Å². The van der Waals surface area contributed by atoms with Crippen LogP contribution in [0.25, 0.3) is 123 Å². The highest BCUT2D eigenvalue weighted by atomic mass is 32.1. The number of thiophene rings is 2. The molecule has 326 valence electrons. The Balaban J connectivity index is 0.941. The SMILES string of the molecule is Cc1ccncc1-c1cc2c(-c3cc4c(-c5cscc5-c5nc(-c6cncc(NC7OC7CC(C)C)c6)cc6c(-c7cc8c(-c9ccsc9)nccc8[nH]7)n[nH]c56)nccc4[nH]3)n[nH]c2cn1. The fourth-order valence-corrected chi connectivity index (χ4v) is 10.6. The molecular formula is C51H39N13OS2. The molecule has 0 bridgehead atoms. The van der Waals surface area contributed by atoms with Gasteiger partial charge in [0.2, 0.25) is 0 Å². The Morgan fingerprint density at radius 2 is 1.37 bits per heavy atom. The first-order chi connectivity index (χ1) is 32.9. The molecule has 16 heteroatoms. The molecular weight excluding hydrogens is 875 g/mol. The Morgan fingerprint density at radius 1 is 0.627 bits per heavy atom. The van der Waals surface area contributed by atoms with Crippen LogP contribution in [-0.2, 0) is 4.74 Å². The van der Waals surface area contributed by atoms with E-state index >= 15 is 0 Å². The first-order valence-electron chi connectivity index (χ1n) is 22.0. The molecule has 0 saturated carbocycles. The summed E-state index contributed by atoms with van der Waals surface area (Å²) in [4.78, 5) is 36.3. The molecule has 5 N–H and O–H groups in total. The van der Waals surface area contributed by atoms with Gasteiger partial charge in [-0.25, -0.2) is 4.98 Å². The summed E-state index contributed by atoms with van der Waals surface area (Å²) in [7, 11) is 0. The van der Waals surface area contributed by atoms with Gasteiger partial charge in [-0.2, -0.15) is 32.9 Å². The Kier molecular flexibility index (Phi) is 9.19. The lowest BCUT2D eigenvalue weighted by Gasteiger charge is -2.10. The Labute approximate surface area is 390 Å². The van der Waals surface area contributed by atoms with E-state index in [1.807, 2.05) is 55.4 Å². The molecule has 0 aromatic carbocycles. The number of aryl methyl sites for hydroxylation is 1. The third-order valence-electron chi connectivity index (χ3n) is 12.5. The van der Waals surface area contributed by atoms with Crippen LogP contribution in [0.3, 0.4) is 0 Å². The Morgan fingerprint density at radius 3 is 2.16 bits per heavy atom. The highest BCUT2D eigenvalue weighted by Gasteiger charge is 2.39. The molecule has 12 aromatic rings. The number of hydrogen-bond donors (Lipinski definition) is 5. The predicted octanol–water partition coefficient (Wildman–Crippen LogP) is 12.1. The number of pyridine rings is 6. The van der Waals surface area contributed by atoms with E-state index in [2.05, 4.69) is 114 Å². The number of H-pyrrole nitrogens is 4. The Hall–Kier alpha value is -7.92. The molecule has 1 aliphatic heterocycles. The Bertz CT molecular complexity index is 3840. The summed E-state index contributed by atoms with van der Waals surface area (Å²) in [6.07, 6.45) is 14.0. The molecule has 0 amide bonds. The molecule has 2 unspecified atom stereocenters. The minimum Gasteiger partial charge on any atom is -0.357 e. The van der Waals surface area contributed by atoms with Crippen molar-refractivity contribution in [2.24, 2.45) is 5.92 Å². The normalized spacial score (nSPS) is 14.9. The van der Waals surface area contributed by atoms with Gasteiger partial charge in [0, 0.05) is 108 Å². The highest BCUT2D eigenvalue weighted by molar-refractivity contribution is 7.09. The summed E-state index contributed by atoms with van der Waals surface area (Å²) in [5, 5.41) is 32.2. The molecule has 13 heterocycles. The third kappa shape index (κ3) is 6.87. The van der Waals surface area contributed by atoms with Crippen LogP contribution in [-0.4, -0.2) is 72.6 Å². The predicted molar refractivity (Wildman–Crippen MR) is 267 cm³/mol. The van der Waals surface area contributed by atoms with Crippen LogP contribution >= 0.6 is 22.7 Å². The number of fused-ring (bicyclic) bond motifs is 4. The molecule has 13 rings (SSSR count). The number of anilines is 1. The molecule has 67 heavy (non-hydrogen) atoms. The molecule has 14 nitrogen and oxygen atoms in total. The summed E-state index contributed by atoms with van der Waals surface area (Å²) < 4.78 is 5.98. The van der Waals surface area contributed by atoms with Gasteiger partial charge >= 0.3 is 0 Å². The van der Waals surface area contributed by atoms with Crippen LogP contribution in [0.1, 0.15) is 25.8 Å².